The summed E-state index contributed by atoms with van der Waals surface area (Å²) in [6, 6.07) is 7.89. The van der Waals surface area contributed by atoms with Crippen molar-refractivity contribution in [1.82, 2.24) is 43.6 Å². The number of nitrogens with zero attached hydrogens (tertiary/aromatic N) is 9. The number of carbonyl (C=O) groups is 4. The molecule has 0 bridgehead atoms. The van der Waals surface area contributed by atoms with Crippen molar-refractivity contribution in [2.24, 2.45) is 16.9 Å². The SMILES string of the molecule is CCn1nc(C)cc1C(=O)Nc1nc2cc(C(N)=O)cc(OCCN3CC4(CCOC4)C3)c2n1C/C=C/Cn1c(NC(=O)c2c(N)c(C)nn2CC)nc2cc(C(N)=O)cc(OC)c21. The molecule has 8 N–H and O–H groups in total. The van der Waals surface area contributed by atoms with E-state index in [1.165, 1.54) is 23.9 Å². The van der Waals surface area contributed by atoms with Gasteiger partial charge in [0.25, 0.3) is 11.8 Å². The zero-order chi connectivity index (χ0) is 45.4. The molecule has 2 fully saturated rings. The van der Waals surface area contributed by atoms with E-state index in [1.54, 1.807) is 38.9 Å². The van der Waals surface area contributed by atoms with Crippen LogP contribution in [0.4, 0.5) is 17.6 Å². The lowest BCUT2D eigenvalue weighted by molar-refractivity contribution is -0.0130. The van der Waals surface area contributed by atoms with E-state index >= 15 is 0 Å². The third-order valence-corrected chi connectivity index (χ3v) is 11.7. The molecule has 6 heterocycles. The molecule has 336 valence electrons. The molecule has 0 radical (unpaired) electrons. The maximum Gasteiger partial charge on any atom is 0.278 e. The summed E-state index contributed by atoms with van der Waals surface area (Å²) in [6.07, 6.45) is 4.73. The van der Waals surface area contributed by atoms with Crippen LogP contribution in [-0.4, -0.2) is 114 Å². The minimum absolute atomic E-state index is 0.137. The summed E-state index contributed by atoms with van der Waals surface area (Å²) >= 11 is 0. The first-order valence-corrected chi connectivity index (χ1v) is 21.0. The lowest BCUT2D eigenvalue weighted by Crippen LogP contribution is -2.57. The van der Waals surface area contributed by atoms with Crippen LogP contribution in [0.25, 0.3) is 22.1 Å². The Labute approximate surface area is 367 Å². The molecule has 6 aromatic rings. The minimum atomic E-state index is -0.681. The molecule has 4 amide bonds. The first kappa shape index (κ1) is 43.4. The Kier molecular flexibility index (Phi) is 11.9. The van der Waals surface area contributed by atoms with Gasteiger partial charge in [0.2, 0.25) is 23.7 Å². The van der Waals surface area contributed by atoms with E-state index in [0.29, 0.717) is 76.9 Å². The topological polar surface area (TPSA) is 273 Å². The first-order valence-electron chi connectivity index (χ1n) is 21.0. The molecule has 1 spiro atoms. The summed E-state index contributed by atoms with van der Waals surface area (Å²) in [5, 5.41) is 14.7. The van der Waals surface area contributed by atoms with Crippen molar-refractivity contribution in [3.05, 3.63) is 76.4 Å². The fraction of sp³-hybridized carbons (Fsp3) is 0.395. The van der Waals surface area contributed by atoms with E-state index in [1.807, 2.05) is 32.9 Å². The van der Waals surface area contributed by atoms with Crippen LogP contribution in [0.3, 0.4) is 0 Å². The van der Waals surface area contributed by atoms with Gasteiger partial charge in [-0.25, -0.2) is 9.97 Å². The third-order valence-electron chi connectivity index (χ3n) is 11.7. The molecule has 4 aromatic heterocycles. The van der Waals surface area contributed by atoms with Gasteiger partial charge in [-0.2, -0.15) is 10.2 Å². The Morgan fingerprint density at radius 2 is 1.42 bits per heavy atom. The predicted molar refractivity (Wildman–Crippen MR) is 238 cm³/mol. The smallest absolute Gasteiger partial charge is 0.278 e. The summed E-state index contributed by atoms with van der Waals surface area (Å²) in [5.74, 6) is -1.33. The van der Waals surface area contributed by atoms with E-state index in [2.05, 4.69) is 25.7 Å². The summed E-state index contributed by atoms with van der Waals surface area (Å²) in [7, 11) is 1.46. The number of fused-ring (bicyclic) bond motifs is 2. The number of primary amides is 2. The summed E-state index contributed by atoms with van der Waals surface area (Å²) in [6.45, 7) is 12.8. The van der Waals surface area contributed by atoms with Crippen LogP contribution in [0.15, 0.2) is 42.5 Å². The maximum atomic E-state index is 13.9. The fourth-order valence-electron chi connectivity index (χ4n) is 8.52. The summed E-state index contributed by atoms with van der Waals surface area (Å²) in [5.41, 5.74) is 22.0. The molecule has 0 atom stereocenters. The second-order valence-electron chi connectivity index (χ2n) is 16.1. The Hall–Kier alpha value is -7.26. The molecular formula is C43H52N14O7. The minimum Gasteiger partial charge on any atom is -0.494 e. The number of rotatable bonds is 17. The molecule has 21 heteroatoms. The predicted octanol–water partition coefficient (Wildman–Crippen LogP) is 3.09. The average molecular weight is 877 g/mol. The van der Waals surface area contributed by atoms with Crippen LogP contribution >= 0.6 is 0 Å². The van der Waals surface area contributed by atoms with Gasteiger partial charge in [0.15, 0.2) is 0 Å². The molecule has 8 rings (SSSR count). The first-order chi connectivity index (χ1) is 30.7. The van der Waals surface area contributed by atoms with Gasteiger partial charge < -0.3 is 40.5 Å². The van der Waals surface area contributed by atoms with Crippen LogP contribution in [0.2, 0.25) is 0 Å². The van der Waals surface area contributed by atoms with E-state index in [-0.39, 0.29) is 52.9 Å². The van der Waals surface area contributed by atoms with Gasteiger partial charge in [0.1, 0.15) is 40.5 Å². The zero-order valence-corrected chi connectivity index (χ0v) is 36.4. The standard InChI is InChI=1S/C43H52N14O7/c1-6-56-30(16-24(3)51-56)39(60)49-41-48-29-18-27(38(46)59)20-32(64-15-13-53-21-43(22-53)10-14-63-23-43)35(29)55(41)12-9-8-11-54-34-28(17-26(37(45)58)19-31(34)62-5)47-42(54)50-40(61)36-33(44)25(4)52-57(36)7-2/h8-9,16-20H,6-7,10-15,21-23,44H2,1-5H3,(H2,45,58)(H2,46,59)(H,47,50,61)(H,48,49,60)/b9-8+. The monoisotopic (exact) mass is 876 g/mol. The highest BCUT2D eigenvalue weighted by Crippen LogP contribution is 2.38. The maximum absolute atomic E-state index is 13.9. The van der Waals surface area contributed by atoms with Crippen LogP contribution in [0.1, 0.15) is 73.3 Å². The van der Waals surface area contributed by atoms with Gasteiger partial charge in [-0.15, -0.1) is 0 Å². The number of nitrogens with two attached hydrogens (primary N) is 3. The zero-order valence-electron chi connectivity index (χ0n) is 36.4. The number of likely N-dealkylation sites (tertiary alicyclic amines) is 1. The van der Waals surface area contributed by atoms with E-state index in [0.717, 1.165) is 32.7 Å². The van der Waals surface area contributed by atoms with Gasteiger partial charge in [-0.3, -0.25) is 44.1 Å². The number of carbonyl (C=O) groups excluding carboxylic acids is 4. The average Bonchev–Trinajstić information content (AvgIpc) is 4.09. The molecule has 2 saturated heterocycles. The van der Waals surface area contributed by atoms with Gasteiger partial charge >= 0.3 is 0 Å². The fourth-order valence-corrected chi connectivity index (χ4v) is 8.52. The number of nitrogen functional groups attached to an aromatic ring is 1. The van der Waals surface area contributed by atoms with Gasteiger partial charge in [0.05, 0.1) is 41.8 Å². The van der Waals surface area contributed by atoms with Crippen molar-refractivity contribution < 1.29 is 33.4 Å². The Morgan fingerprint density at radius 3 is 1.98 bits per heavy atom. The number of allylic oxidation sites excluding steroid dienone is 2. The molecule has 2 aliphatic rings. The van der Waals surface area contributed by atoms with Crippen molar-refractivity contribution in [1.29, 1.82) is 0 Å². The Morgan fingerprint density at radius 1 is 0.828 bits per heavy atom. The molecular weight excluding hydrogens is 825 g/mol. The molecule has 64 heavy (non-hydrogen) atoms. The van der Waals surface area contributed by atoms with Crippen molar-refractivity contribution in [3.63, 3.8) is 0 Å². The van der Waals surface area contributed by atoms with Crippen LogP contribution < -0.4 is 37.3 Å². The summed E-state index contributed by atoms with van der Waals surface area (Å²) in [4.78, 5) is 64.4. The lowest BCUT2D eigenvalue weighted by Gasteiger charge is -2.47. The number of anilines is 3. The number of hydrogen-bond acceptors (Lipinski definition) is 13. The highest BCUT2D eigenvalue weighted by atomic mass is 16.5. The molecule has 2 aromatic carbocycles. The second kappa shape index (κ2) is 17.5. The quantitative estimate of drug-likeness (QED) is 0.0826. The Balaban J connectivity index is 1.15. The number of hydrogen-bond donors (Lipinski definition) is 5. The normalized spacial score (nSPS) is 14.8. The lowest BCUT2D eigenvalue weighted by atomic mass is 9.79. The molecule has 0 aliphatic carbocycles. The molecule has 2 aliphatic heterocycles. The van der Waals surface area contributed by atoms with E-state index in [4.69, 9.17) is 41.4 Å². The number of ether oxygens (including phenoxy) is 3. The van der Waals surface area contributed by atoms with Crippen LogP contribution in [-0.2, 0) is 30.9 Å². The van der Waals surface area contributed by atoms with Crippen molar-refractivity contribution in [2.75, 3.05) is 62.9 Å². The number of aryl methyl sites for hydroxylation is 4. The number of amides is 4. The van der Waals surface area contributed by atoms with Gasteiger partial charge in [-0.1, -0.05) is 12.2 Å². The Bertz CT molecular complexity index is 2840. The van der Waals surface area contributed by atoms with Crippen molar-refractivity contribution in [2.45, 2.75) is 60.3 Å². The molecule has 0 saturated carbocycles. The number of aromatic nitrogens is 8. The van der Waals surface area contributed by atoms with Gasteiger partial charge in [-0.05, 0) is 64.4 Å². The van der Waals surface area contributed by atoms with Crippen LogP contribution in [0, 0.1) is 19.3 Å². The van der Waals surface area contributed by atoms with E-state index < -0.39 is 23.6 Å². The van der Waals surface area contributed by atoms with Gasteiger partial charge in [0, 0.05) is 69.0 Å². The number of nitrogens with one attached hydrogen (secondary N) is 2. The highest BCUT2D eigenvalue weighted by molar-refractivity contribution is 6.07. The molecule has 0 unspecified atom stereocenters. The third kappa shape index (κ3) is 8.21. The van der Waals surface area contributed by atoms with Crippen LogP contribution in [0.5, 0.6) is 11.5 Å². The van der Waals surface area contributed by atoms with Crippen molar-refractivity contribution in [3.8, 4) is 11.5 Å². The molecule has 21 nitrogen and oxygen atoms in total. The number of methoxy groups -OCH3 is 1. The highest BCUT2D eigenvalue weighted by Gasteiger charge is 2.45. The van der Waals surface area contributed by atoms with Crippen molar-refractivity contribution >= 4 is 63.3 Å². The largest absolute Gasteiger partial charge is 0.494 e. The number of benzene rings is 2. The second-order valence-corrected chi connectivity index (χ2v) is 16.1. The van der Waals surface area contributed by atoms with E-state index in [9.17, 15) is 19.2 Å². The summed E-state index contributed by atoms with van der Waals surface area (Å²) < 4.78 is 24.4. The number of imidazole rings is 2.